The Balaban J connectivity index is -0.0000000130. The van der Waals surface area contributed by atoms with Gasteiger partial charge in [0.1, 0.15) is 0 Å². The van der Waals surface area contributed by atoms with E-state index < -0.39 is 0 Å². The van der Waals surface area contributed by atoms with E-state index in [2.05, 4.69) is 38.6 Å². The maximum absolute atomic E-state index is 7.71. The summed E-state index contributed by atoms with van der Waals surface area (Å²) in [5.74, 6) is 0. The van der Waals surface area contributed by atoms with Gasteiger partial charge in [0.05, 0.1) is 0 Å². The number of nitrogens with zero attached hydrogens (tertiary/aromatic N) is 1. The minimum atomic E-state index is 0. The van der Waals surface area contributed by atoms with Crippen LogP contribution in [-0.4, -0.2) is 6.54 Å². The van der Waals surface area contributed by atoms with E-state index in [1.807, 2.05) is 6.92 Å². The molecule has 7 nitrogen and oxygen atoms in total. The molecule has 0 rings (SSSR count). The summed E-state index contributed by atoms with van der Waals surface area (Å²) in [4.78, 5) is 0. The first-order chi connectivity index (χ1) is 7.41. The van der Waals surface area contributed by atoms with Gasteiger partial charge in [-0.1, -0.05) is 0 Å². The van der Waals surface area contributed by atoms with Crippen molar-refractivity contribution in [1.29, 1.82) is 5.26 Å². The normalized spacial score (nSPS) is 2.38. The standard InChI is InChI=1S/C3H6N2.5CO.W/c1-2-5-3-4;5*1-2;/h5H,2H2,1H3;;;;;;. The number of hydrogen-bond donors (Lipinski definition) is 1. The number of hydrogen-bond acceptors (Lipinski definition) is 2. The Hall–Kier alpha value is -1.32. The second kappa shape index (κ2) is 781. The molecule has 0 aromatic heterocycles. The van der Waals surface area contributed by atoms with E-state index in [0.717, 1.165) is 6.54 Å². The summed E-state index contributed by atoms with van der Waals surface area (Å²) in [6, 6.07) is 0. The average molecular weight is 394 g/mol. The van der Waals surface area contributed by atoms with Gasteiger partial charge in [-0.3, -0.25) is 0 Å². The first-order valence-electron chi connectivity index (χ1n) is 2.55. The van der Waals surface area contributed by atoms with Gasteiger partial charge >= 0.3 is 56.5 Å². The summed E-state index contributed by atoms with van der Waals surface area (Å²) in [6.45, 7) is 25.1. The molecule has 0 radical (unpaired) electrons. The zero-order valence-electron chi connectivity index (χ0n) is 8.10. The Morgan fingerprint density at radius 3 is 1.06 bits per heavy atom. The van der Waals surface area contributed by atoms with Crippen LogP contribution < -0.4 is 5.32 Å². The second-order valence-corrected chi connectivity index (χ2v) is 0.642. The molecule has 0 spiro atoms. The van der Waals surface area contributed by atoms with Gasteiger partial charge in [0.15, 0.2) is 6.19 Å². The third-order valence-corrected chi connectivity index (χ3v) is 0.256. The van der Waals surface area contributed by atoms with E-state index in [0.29, 0.717) is 0 Å². The van der Waals surface area contributed by atoms with Crippen molar-refractivity contribution in [2.24, 2.45) is 0 Å². The molecule has 0 saturated heterocycles. The number of nitriles is 1. The van der Waals surface area contributed by atoms with Gasteiger partial charge in [0.25, 0.3) is 0 Å². The molecule has 0 amide bonds. The molecule has 0 aliphatic heterocycles. The average Bonchev–Trinajstić information content (AvgIpc) is 2.42. The number of rotatable bonds is 1. The summed E-state index contributed by atoms with van der Waals surface area (Å²) >= 11 is 0. The molecular formula is C8H6N2O5W. The van der Waals surface area contributed by atoms with Crippen LogP contribution in [0.25, 0.3) is 0 Å². The van der Waals surface area contributed by atoms with Crippen molar-refractivity contribution in [1.82, 2.24) is 5.32 Å². The van der Waals surface area contributed by atoms with E-state index in [-0.39, 0.29) is 21.1 Å². The van der Waals surface area contributed by atoms with E-state index in [4.69, 9.17) is 28.5 Å². The van der Waals surface area contributed by atoms with E-state index in [1.54, 1.807) is 6.19 Å². The molecule has 0 unspecified atom stereocenters. The van der Waals surface area contributed by atoms with Crippen molar-refractivity contribution in [3.63, 3.8) is 0 Å². The molecule has 1 N–H and O–H groups in total. The topological polar surface area (TPSA) is 135 Å². The maximum atomic E-state index is 7.71. The van der Waals surface area contributed by atoms with Crippen molar-refractivity contribution in [3.8, 4) is 6.19 Å². The first kappa shape index (κ1) is 46.6. The molecular weight excluding hydrogens is 388 g/mol. The van der Waals surface area contributed by atoms with Crippen LogP contribution in [0, 0.1) is 44.7 Å². The summed E-state index contributed by atoms with van der Waals surface area (Å²) in [5, 5.41) is 10.1. The quantitative estimate of drug-likeness (QED) is 0.287. The Labute approximate surface area is 108 Å². The first-order valence-corrected chi connectivity index (χ1v) is 2.55. The SMILES string of the molecule is CCNC#N.[C-]#[O+].[C-]#[O+].[C-]#[O+].[C-]#[O+].[C-]#[O+].[W]. The molecule has 8 heteroatoms. The third-order valence-electron chi connectivity index (χ3n) is 0.256. The third kappa shape index (κ3) is 3760. The second-order valence-electron chi connectivity index (χ2n) is 0.642. The zero-order chi connectivity index (χ0) is 14.1. The van der Waals surface area contributed by atoms with Gasteiger partial charge < -0.3 is 5.32 Å². The van der Waals surface area contributed by atoms with Crippen LogP contribution in [0.4, 0.5) is 0 Å². The minimum Gasteiger partial charge on any atom is 0 e. The molecule has 0 aromatic carbocycles. The van der Waals surface area contributed by atoms with Crippen LogP contribution in [0.5, 0.6) is 0 Å². The molecule has 0 aliphatic rings. The van der Waals surface area contributed by atoms with Crippen LogP contribution in [0.15, 0.2) is 0 Å². The number of nitrogens with one attached hydrogen (secondary N) is 1. The minimum absolute atomic E-state index is 0. The van der Waals surface area contributed by atoms with Crippen molar-refractivity contribution >= 4 is 0 Å². The fourth-order valence-corrected chi connectivity index (χ4v) is 0.0791. The Kier molecular flexibility index (Phi) is 2270. The van der Waals surface area contributed by atoms with Gasteiger partial charge in [-0.2, -0.15) is 5.26 Å². The molecule has 0 heterocycles. The van der Waals surface area contributed by atoms with Crippen LogP contribution in [-0.2, 0) is 44.3 Å². The molecule has 0 atom stereocenters. The summed E-state index contributed by atoms with van der Waals surface area (Å²) in [7, 11) is 0. The van der Waals surface area contributed by atoms with Gasteiger partial charge in [0.2, 0.25) is 0 Å². The fraction of sp³-hybridized carbons (Fsp3) is 0.250. The zero-order valence-corrected chi connectivity index (χ0v) is 11.0. The van der Waals surface area contributed by atoms with Gasteiger partial charge in [-0.05, 0) is 6.92 Å². The monoisotopic (exact) mass is 394 g/mol. The predicted octanol–water partition coefficient (Wildman–Crippen LogP) is -0.113. The molecule has 84 valence electrons. The Morgan fingerprint density at radius 1 is 0.875 bits per heavy atom. The summed E-state index contributed by atoms with van der Waals surface area (Å²) < 4.78 is 37.5. The van der Waals surface area contributed by atoms with Crippen LogP contribution in [0.3, 0.4) is 0 Å². The summed E-state index contributed by atoms with van der Waals surface area (Å²) in [6.07, 6.45) is 1.77. The van der Waals surface area contributed by atoms with Gasteiger partial charge in [-0.15, -0.1) is 0 Å². The molecule has 16 heavy (non-hydrogen) atoms. The van der Waals surface area contributed by atoms with Crippen molar-refractivity contribution < 1.29 is 44.3 Å². The predicted molar refractivity (Wildman–Crippen MR) is 38.9 cm³/mol. The van der Waals surface area contributed by atoms with E-state index in [9.17, 15) is 0 Å². The smallest absolute Gasteiger partial charge is 0 e. The van der Waals surface area contributed by atoms with E-state index in [1.165, 1.54) is 0 Å². The van der Waals surface area contributed by atoms with Crippen LogP contribution in [0.2, 0.25) is 0 Å². The van der Waals surface area contributed by atoms with Crippen molar-refractivity contribution in [2.45, 2.75) is 6.92 Å². The molecule has 0 bridgehead atoms. The molecule has 0 aliphatic carbocycles. The van der Waals surface area contributed by atoms with Crippen LogP contribution >= 0.6 is 0 Å². The molecule has 0 fully saturated rings. The Bertz CT molecular complexity index is 166. The summed E-state index contributed by atoms with van der Waals surface area (Å²) in [5.41, 5.74) is 0. The van der Waals surface area contributed by atoms with Gasteiger partial charge in [0, 0.05) is 27.6 Å². The Morgan fingerprint density at radius 2 is 1.06 bits per heavy atom. The van der Waals surface area contributed by atoms with Crippen molar-refractivity contribution in [2.75, 3.05) is 6.54 Å². The van der Waals surface area contributed by atoms with Crippen molar-refractivity contribution in [3.05, 3.63) is 33.3 Å². The fourth-order valence-electron chi connectivity index (χ4n) is 0.0791. The molecule has 0 aromatic rings. The largest absolute Gasteiger partial charge is 0 e. The van der Waals surface area contributed by atoms with E-state index >= 15 is 0 Å². The van der Waals surface area contributed by atoms with Gasteiger partial charge in [-0.25, -0.2) is 0 Å². The van der Waals surface area contributed by atoms with Crippen LogP contribution in [0.1, 0.15) is 6.92 Å². The molecule has 0 saturated carbocycles. The maximum Gasteiger partial charge on any atom is 0 e.